The van der Waals surface area contributed by atoms with Gasteiger partial charge in [-0.15, -0.1) is 0 Å². The highest BCUT2D eigenvalue weighted by Gasteiger charge is 2.25. The lowest BCUT2D eigenvalue weighted by atomic mass is 10.1. The molecule has 0 bridgehead atoms. The number of ether oxygens (including phenoxy) is 1. The Balaban J connectivity index is 3.28. The molecule has 6 heteroatoms. The second kappa shape index (κ2) is 7.61. The van der Waals surface area contributed by atoms with Gasteiger partial charge in [-0.3, -0.25) is 0 Å². The van der Waals surface area contributed by atoms with Gasteiger partial charge in [0.05, 0.1) is 12.0 Å². The molecule has 20 heavy (non-hydrogen) atoms. The zero-order chi connectivity index (χ0) is 15.2. The normalized spacial score (nSPS) is 11.8. The van der Waals surface area contributed by atoms with E-state index in [9.17, 15) is 8.42 Å². The van der Waals surface area contributed by atoms with Crippen LogP contribution in [0.1, 0.15) is 25.8 Å². The van der Waals surface area contributed by atoms with Gasteiger partial charge in [0, 0.05) is 19.7 Å². The van der Waals surface area contributed by atoms with Crippen molar-refractivity contribution in [3.05, 3.63) is 23.8 Å². The van der Waals surface area contributed by atoms with Gasteiger partial charge >= 0.3 is 0 Å². The van der Waals surface area contributed by atoms with E-state index in [0.29, 0.717) is 24.4 Å². The number of rotatable bonds is 8. The molecule has 0 amide bonds. The highest BCUT2D eigenvalue weighted by Crippen LogP contribution is 2.25. The van der Waals surface area contributed by atoms with Gasteiger partial charge in [-0.1, -0.05) is 13.8 Å². The summed E-state index contributed by atoms with van der Waals surface area (Å²) in [4.78, 5) is 0.252. The van der Waals surface area contributed by atoms with E-state index in [1.807, 2.05) is 13.8 Å². The minimum absolute atomic E-state index is 0.102. The number of methoxy groups -OCH3 is 1. The molecule has 0 spiro atoms. The quantitative estimate of drug-likeness (QED) is 0.793. The zero-order valence-corrected chi connectivity index (χ0v) is 13.1. The van der Waals surface area contributed by atoms with E-state index in [2.05, 4.69) is 0 Å². The first kappa shape index (κ1) is 16.9. The Labute approximate surface area is 121 Å². The monoisotopic (exact) mass is 301 g/mol. The molecule has 0 atom stereocenters. The summed E-state index contributed by atoms with van der Waals surface area (Å²) >= 11 is 0. The molecule has 0 radical (unpaired) electrons. The zero-order valence-electron chi connectivity index (χ0n) is 12.3. The Hall–Kier alpha value is -1.11. The Morgan fingerprint density at radius 1 is 1.30 bits per heavy atom. The fourth-order valence-electron chi connectivity index (χ4n) is 2.09. The molecule has 0 aliphatic carbocycles. The second-order valence-electron chi connectivity index (χ2n) is 4.44. The molecule has 0 saturated heterocycles. The van der Waals surface area contributed by atoms with Crippen LogP contribution < -0.4 is 4.74 Å². The molecular weight excluding hydrogens is 278 g/mol. The Bertz CT molecular complexity index is 528. The van der Waals surface area contributed by atoms with E-state index in [0.717, 1.165) is 6.42 Å². The maximum absolute atomic E-state index is 12.7. The lowest BCUT2D eigenvalue weighted by Gasteiger charge is -2.21. The van der Waals surface area contributed by atoms with Crippen LogP contribution in [0.3, 0.4) is 0 Å². The van der Waals surface area contributed by atoms with Crippen LogP contribution in [0, 0.1) is 0 Å². The van der Waals surface area contributed by atoms with E-state index >= 15 is 0 Å². The first-order valence-corrected chi connectivity index (χ1v) is 8.23. The highest BCUT2D eigenvalue weighted by atomic mass is 32.2. The Kier molecular flexibility index (Phi) is 6.45. The van der Waals surface area contributed by atoms with Crippen LogP contribution >= 0.6 is 0 Å². The molecule has 0 saturated carbocycles. The first-order valence-electron chi connectivity index (χ1n) is 6.79. The molecule has 0 aromatic heterocycles. The van der Waals surface area contributed by atoms with Crippen LogP contribution in [0.25, 0.3) is 0 Å². The fraction of sp³-hybridized carbons (Fsp3) is 0.571. The third-order valence-electron chi connectivity index (χ3n) is 3.09. The van der Waals surface area contributed by atoms with Gasteiger partial charge in [-0.25, -0.2) is 8.42 Å². The van der Waals surface area contributed by atoms with Crippen molar-refractivity contribution in [2.75, 3.05) is 26.8 Å². The molecule has 1 rings (SSSR count). The number of hydrogen-bond donors (Lipinski definition) is 1. The number of hydrogen-bond acceptors (Lipinski definition) is 4. The van der Waals surface area contributed by atoms with Crippen molar-refractivity contribution in [2.45, 2.75) is 31.6 Å². The summed E-state index contributed by atoms with van der Waals surface area (Å²) in [5, 5.41) is 9.12. The van der Waals surface area contributed by atoms with E-state index in [-0.39, 0.29) is 17.9 Å². The average molecular weight is 301 g/mol. The molecule has 0 aliphatic rings. The number of aliphatic hydroxyl groups excluding tert-OH is 1. The molecule has 1 aromatic carbocycles. The summed E-state index contributed by atoms with van der Waals surface area (Å²) in [6.45, 7) is 4.59. The van der Waals surface area contributed by atoms with Gasteiger partial charge < -0.3 is 9.84 Å². The van der Waals surface area contributed by atoms with Gasteiger partial charge in [0.25, 0.3) is 0 Å². The number of aliphatic hydroxyl groups is 1. The third kappa shape index (κ3) is 3.71. The van der Waals surface area contributed by atoms with Crippen LogP contribution in [0.2, 0.25) is 0 Å². The lowest BCUT2D eigenvalue weighted by molar-refractivity contribution is 0.298. The van der Waals surface area contributed by atoms with Crippen molar-refractivity contribution in [1.29, 1.82) is 0 Å². The third-order valence-corrected chi connectivity index (χ3v) is 5.17. The van der Waals surface area contributed by atoms with Crippen LogP contribution in [-0.2, 0) is 16.4 Å². The predicted molar refractivity (Wildman–Crippen MR) is 78.5 cm³/mol. The lowest BCUT2D eigenvalue weighted by Crippen LogP contribution is -2.32. The Morgan fingerprint density at radius 2 is 2.00 bits per heavy atom. The maximum Gasteiger partial charge on any atom is 0.243 e. The summed E-state index contributed by atoms with van der Waals surface area (Å²) in [5.41, 5.74) is 0.585. The molecule has 1 N–H and O–H groups in total. The summed E-state index contributed by atoms with van der Waals surface area (Å²) in [5.74, 6) is 0.589. The summed E-state index contributed by atoms with van der Waals surface area (Å²) in [6.07, 6.45) is 1.05. The number of sulfonamides is 1. The molecule has 1 aromatic rings. The van der Waals surface area contributed by atoms with Gasteiger partial charge in [-0.2, -0.15) is 4.31 Å². The molecule has 114 valence electrons. The van der Waals surface area contributed by atoms with Crippen LogP contribution in [0.15, 0.2) is 23.1 Å². The molecule has 0 heterocycles. The smallest absolute Gasteiger partial charge is 0.243 e. The standard InChI is InChI=1S/C14H23NO4S/c1-4-9-15(5-2)20(17,18)14-7-6-13(19-3)11-12(14)8-10-16/h6-7,11,16H,4-5,8-10H2,1-3H3. The van der Waals surface area contributed by atoms with Crippen LogP contribution in [0.5, 0.6) is 5.75 Å². The van der Waals surface area contributed by atoms with Gasteiger partial charge in [0.1, 0.15) is 5.75 Å². The molecule has 0 aliphatic heterocycles. The maximum atomic E-state index is 12.7. The van der Waals surface area contributed by atoms with E-state index in [4.69, 9.17) is 9.84 Å². The molecular formula is C14H23NO4S. The van der Waals surface area contributed by atoms with Crippen molar-refractivity contribution in [1.82, 2.24) is 4.31 Å². The second-order valence-corrected chi connectivity index (χ2v) is 6.35. The van der Waals surface area contributed by atoms with Gasteiger partial charge in [0.2, 0.25) is 10.0 Å². The predicted octanol–water partition coefficient (Wildman–Crippen LogP) is 1.65. The Morgan fingerprint density at radius 3 is 2.50 bits per heavy atom. The molecule has 0 unspecified atom stereocenters. The van der Waals surface area contributed by atoms with Crippen molar-refractivity contribution in [3.63, 3.8) is 0 Å². The first-order chi connectivity index (χ1) is 9.51. The van der Waals surface area contributed by atoms with E-state index in [1.165, 1.54) is 11.4 Å². The van der Waals surface area contributed by atoms with Crippen molar-refractivity contribution in [2.24, 2.45) is 0 Å². The van der Waals surface area contributed by atoms with Crippen molar-refractivity contribution >= 4 is 10.0 Å². The number of nitrogens with zero attached hydrogens (tertiary/aromatic N) is 1. The van der Waals surface area contributed by atoms with Gasteiger partial charge in [0.15, 0.2) is 0 Å². The summed E-state index contributed by atoms with van der Waals surface area (Å²) < 4.78 is 31.9. The highest BCUT2D eigenvalue weighted by molar-refractivity contribution is 7.89. The largest absolute Gasteiger partial charge is 0.497 e. The molecule has 0 fully saturated rings. The minimum Gasteiger partial charge on any atom is -0.497 e. The van der Waals surface area contributed by atoms with Crippen LogP contribution in [0.4, 0.5) is 0 Å². The van der Waals surface area contributed by atoms with E-state index in [1.54, 1.807) is 18.2 Å². The van der Waals surface area contributed by atoms with E-state index < -0.39 is 10.0 Å². The number of benzene rings is 1. The van der Waals surface area contributed by atoms with Gasteiger partial charge in [-0.05, 0) is 36.6 Å². The topological polar surface area (TPSA) is 66.8 Å². The van der Waals surface area contributed by atoms with Crippen LogP contribution in [-0.4, -0.2) is 44.6 Å². The summed E-state index contributed by atoms with van der Waals surface area (Å²) in [7, 11) is -2.00. The van der Waals surface area contributed by atoms with Crippen molar-refractivity contribution in [3.8, 4) is 5.75 Å². The SMILES string of the molecule is CCCN(CC)S(=O)(=O)c1ccc(OC)cc1CCO. The average Bonchev–Trinajstić information content (AvgIpc) is 2.44. The minimum atomic E-state index is -3.52. The van der Waals surface area contributed by atoms with Crippen molar-refractivity contribution < 1.29 is 18.3 Å². The molecule has 5 nitrogen and oxygen atoms in total. The fourth-order valence-corrected chi connectivity index (χ4v) is 3.86. The summed E-state index contributed by atoms with van der Waals surface area (Å²) in [6, 6.07) is 4.86.